The molecular formula is C26H24F2N2O2. The van der Waals surface area contributed by atoms with Gasteiger partial charge in [-0.2, -0.15) is 0 Å². The number of halogens is 2. The maximum Gasteiger partial charge on any atom is 0.256 e. The smallest absolute Gasteiger partial charge is 0.256 e. The summed E-state index contributed by atoms with van der Waals surface area (Å²) in [7, 11) is 0. The molecule has 2 N–H and O–H groups in total. The van der Waals surface area contributed by atoms with Crippen LogP contribution < -0.4 is 0 Å². The Morgan fingerprint density at radius 3 is 2.34 bits per heavy atom. The summed E-state index contributed by atoms with van der Waals surface area (Å²) >= 11 is 0. The van der Waals surface area contributed by atoms with Crippen molar-refractivity contribution >= 4 is 16.8 Å². The molecule has 0 saturated heterocycles. The third kappa shape index (κ3) is 4.35. The number of carbonyl (C=O) groups excluding carboxylic acids is 1. The van der Waals surface area contributed by atoms with Gasteiger partial charge in [-0.05, 0) is 41.3 Å². The molecule has 0 atom stereocenters. The Morgan fingerprint density at radius 1 is 0.938 bits per heavy atom. The third-order valence-corrected chi connectivity index (χ3v) is 5.46. The van der Waals surface area contributed by atoms with Crippen LogP contribution in [0.2, 0.25) is 0 Å². The molecule has 1 amide bonds. The van der Waals surface area contributed by atoms with Crippen molar-refractivity contribution < 1.29 is 18.7 Å². The second-order valence-corrected chi connectivity index (χ2v) is 8.19. The monoisotopic (exact) mass is 434 g/mol. The van der Waals surface area contributed by atoms with Gasteiger partial charge >= 0.3 is 0 Å². The molecule has 4 nitrogen and oxygen atoms in total. The summed E-state index contributed by atoms with van der Waals surface area (Å²) in [5, 5.41) is 10.6. The fourth-order valence-electron chi connectivity index (χ4n) is 3.89. The Bertz CT molecular complexity index is 1270. The van der Waals surface area contributed by atoms with Crippen molar-refractivity contribution in [3.8, 4) is 5.75 Å². The number of nitrogens with one attached hydrogen (secondary N) is 1. The van der Waals surface area contributed by atoms with E-state index in [-0.39, 0.29) is 24.1 Å². The number of aromatic hydroxyl groups is 1. The van der Waals surface area contributed by atoms with Crippen LogP contribution in [0.5, 0.6) is 5.75 Å². The lowest BCUT2D eigenvalue weighted by Gasteiger charge is -2.24. The van der Waals surface area contributed by atoms with Gasteiger partial charge in [-0.1, -0.05) is 50.2 Å². The van der Waals surface area contributed by atoms with Crippen molar-refractivity contribution in [1.29, 1.82) is 0 Å². The highest BCUT2D eigenvalue weighted by atomic mass is 19.2. The highest BCUT2D eigenvalue weighted by Gasteiger charge is 2.25. The zero-order chi connectivity index (χ0) is 22.8. The summed E-state index contributed by atoms with van der Waals surface area (Å²) in [6.07, 6.45) is 0. The zero-order valence-corrected chi connectivity index (χ0v) is 17.9. The summed E-state index contributed by atoms with van der Waals surface area (Å²) in [6.45, 7) is 4.39. The summed E-state index contributed by atoms with van der Waals surface area (Å²) in [5.74, 6) is -1.95. The van der Waals surface area contributed by atoms with Gasteiger partial charge in [-0.3, -0.25) is 4.79 Å². The van der Waals surface area contributed by atoms with Crippen LogP contribution >= 0.6 is 0 Å². The van der Waals surface area contributed by atoms with Crippen LogP contribution in [0.3, 0.4) is 0 Å². The van der Waals surface area contributed by atoms with Gasteiger partial charge < -0.3 is 15.0 Å². The molecule has 0 unspecified atom stereocenters. The van der Waals surface area contributed by atoms with Gasteiger partial charge in [-0.25, -0.2) is 8.78 Å². The largest absolute Gasteiger partial charge is 0.508 e. The first-order valence-electron chi connectivity index (χ1n) is 10.4. The number of rotatable bonds is 6. The molecule has 4 aromatic rings. The lowest BCUT2D eigenvalue weighted by Crippen LogP contribution is -2.31. The fraction of sp³-hybridized carbons (Fsp3) is 0.192. The summed E-state index contributed by atoms with van der Waals surface area (Å²) < 4.78 is 27.3. The molecule has 0 fully saturated rings. The average molecular weight is 434 g/mol. The molecule has 32 heavy (non-hydrogen) atoms. The number of phenols is 1. The molecule has 0 bridgehead atoms. The SMILES string of the molecule is CC(C)c1[nH]c2cc(O)ccc2c1C(=O)N(Cc1ccccc1)Cc1ccc(F)c(F)c1. The molecule has 0 aliphatic rings. The van der Waals surface area contributed by atoms with Crippen molar-refractivity contribution in [2.24, 2.45) is 0 Å². The lowest BCUT2D eigenvalue weighted by atomic mass is 10.0. The third-order valence-electron chi connectivity index (χ3n) is 5.46. The molecule has 0 radical (unpaired) electrons. The van der Waals surface area contributed by atoms with E-state index in [2.05, 4.69) is 4.98 Å². The molecule has 0 spiro atoms. The predicted octanol–water partition coefficient (Wildman–Crippen LogP) is 6.12. The quantitative estimate of drug-likeness (QED) is 0.384. The normalized spacial score (nSPS) is 11.3. The van der Waals surface area contributed by atoms with Crippen LogP contribution in [0.25, 0.3) is 10.9 Å². The highest BCUT2D eigenvalue weighted by molar-refractivity contribution is 6.08. The molecule has 0 aliphatic carbocycles. The van der Waals surface area contributed by atoms with E-state index < -0.39 is 11.6 Å². The molecule has 1 aromatic heterocycles. The Kier molecular flexibility index (Phi) is 5.95. The summed E-state index contributed by atoms with van der Waals surface area (Å²) in [4.78, 5) is 18.8. The number of aromatic amines is 1. The first kappa shape index (κ1) is 21.6. The molecule has 3 aromatic carbocycles. The van der Waals surface area contributed by atoms with E-state index in [1.807, 2.05) is 44.2 Å². The summed E-state index contributed by atoms with van der Waals surface area (Å²) in [6, 6.07) is 18.1. The van der Waals surface area contributed by atoms with Crippen LogP contribution in [-0.4, -0.2) is 20.9 Å². The van der Waals surface area contributed by atoms with Crippen molar-refractivity contribution in [2.75, 3.05) is 0 Å². The minimum absolute atomic E-state index is 0.0327. The number of phenolic OH excluding ortho intramolecular Hbond substituents is 1. The molecule has 1 heterocycles. The van der Waals surface area contributed by atoms with E-state index in [0.717, 1.165) is 23.4 Å². The number of carbonyl (C=O) groups is 1. The minimum atomic E-state index is -0.944. The Balaban J connectivity index is 1.79. The van der Waals surface area contributed by atoms with E-state index in [4.69, 9.17) is 0 Å². The van der Waals surface area contributed by atoms with Crippen molar-refractivity contribution in [2.45, 2.75) is 32.9 Å². The lowest BCUT2D eigenvalue weighted by molar-refractivity contribution is 0.0730. The van der Waals surface area contributed by atoms with Crippen molar-refractivity contribution in [3.63, 3.8) is 0 Å². The van der Waals surface area contributed by atoms with Crippen LogP contribution in [0.1, 0.15) is 46.9 Å². The van der Waals surface area contributed by atoms with Crippen LogP contribution in [0.4, 0.5) is 8.78 Å². The minimum Gasteiger partial charge on any atom is -0.508 e. The number of amides is 1. The van der Waals surface area contributed by atoms with E-state index in [0.29, 0.717) is 28.6 Å². The van der Waals surface area contributed by atoms with E-state index in [1.165, 1.54) is 6.07 Å². The van der Waals surface area contributed by atoms with E-state index in [9.17, 15) is 18.7 Å². The van der Waals surface area contributed by atoms with Gasteiger partial charge in [0.2, 0.25) is 0 Å². The first-order valence-corrected chi connectivity index (χ1v) is 10.4. The Labute approximate surface area is 185 Å². The number of hydrogen-bond donors (Lipinski definition) is 2. The number of nitrogens with zero attached hydrogens (tertiary/aromatic N) is 1. The molecule has 4 rings (SSSR count). The molecule has 6 heteroatoms. The highest BCUT2D eigenvalue weighted by Crippen LogP contribution is 2.31. The van der Waals surface area contributed by atoms with Gasteiger partial charge in [0.25, 0.3) is 5.91 Å². The number of hydrogen-bond acceptors (Lipinski definition) is 2. The van der Waals surface area contributed by atoms with Gasteiger partial charge in [0.05, 0.1) is 11.1 Å². The van der Waals surface area contributed by atoms with Gasteiger partial charge in [0.1, 0.15) is 5.75 Å². The van der Waals surface area contributed by atoms with Crippen LogP contribution in [0.15, 0.2) is 66.7 Å². The predicted molar refractivity (Wildman–Crippen MR) is 120 cm³/mol. The van der Waals surface area contributed by atoms with Gasteiger partial charge in [0.15, 0.2) is 11.6 Å². The van der Waals surface area contributed by atoms with E-state index >= 15 is 0 Å². The fourth-order valence-corrected chi connectivity index (χ4v) is 3.89. The number of aromatic nitrogens is 1. The molecule has 0 aliphatic heterocycles. The molecule has 0 saturated carbocycles. The maximum absolute atomic E-state index is 13.9. The summed E-state index contributed by atoms with van der Waals surface area (Å²) in [5.41, 5.74) is 3.38. The van der Waals surface area contributed by atoms with E-state index in [1.54, 1.807) is 23.1 Å². The topological polar surface area (TPSA) is 56.3 Å². The zero-order valence-electron chi connectivity index (χ0n) is 17.9. The van der Waals surface area contributed by atoms with Crippen molar-refractivity contribution in [1.82, 2.24) is 9.88 Å². The van der Waals surface area contributed by atoms with Gasteiger partial charge in [0, 0.05) is 30.2 Å². The van der Waals surface area contributed by atoms with Crippen molar-refractivity contribution in [3.05, 3.63) is 101 Å². The average Bonchev–Trinajstić information content (AvgIpc) is 3.15. The molecule has 164 valence electrons. The second kappa shape index (κ2) is 8.83. The van der Waals surface area contributed by atoms with Gasteiger partial charge in [-0.15, -0.1) is 0 Å². The van der Waals surface area contributed by atoms with Crippen LogP contribution in [-0.2, 0) is 13.1 Å². The standard InChI is InChI=1S/C26H24F2N2O2/c1-16(2)25-24(20-10-9-19(31)13-23(20)29-25)26(32)30(14-17-6-4-3-5-7-17)15-18-8-11-21(27)22(28)12-18/h3-13,16,29,31H,14-15H2,1-2H3. The second-order valence-electron chi connectivity index (χ2n) is 8.19. The number of benzene rings is 3. The number of H-pyrrole nitrogens is 1. The maximum atomic E-state index is 13.9. The first-order chi connectivity index (χ1) is 15.3. The Morgan fingerprint density at radius 2 is 1.66 bits per heavy atom. The number of fused-ring (bicyclic) bond motifs is 1. The molecular weight excluding hydrogens is 410 g/mol. The Hall–Kier alpha value is -3.67. The van der Waals surface area contributed by atoms with Crippen LogP contribution in [0, 0.1) is 11.6 Å².